The largest absolute Gasteiger partial charge is 0.393 e. The second-order valence-corrected chi connectivity index (χ2v) is 3.59. The molecule has 0 fully saturated rings. The van der Waals surface area contributed by atoms with Gasteiger partial charge in [-0.05, 0) is 26.3 Å². The molecule has 1 heterocycles. The summed E-state index contributed by atoms with van der Waals surface area (Å²) in [7, 11) is 0. The van der Waals surface area contributed by atoms with Crippen molar-refractivity contribution in [2.75, 3.05) is 6.54 Å². The second kappa shape index (κ2) is 5.50. The smallest absolute Gasteiger partial charge is 0.244 e. The van der Waals surface area contributed by atoms with Crippen molar-refractivity contribution in [3.05, 3.63) is 18.5 Å². The van der Waals surface area contributed by atoms with E-state index < -0.39 is 0 Å². The van der Waals surface area contributed by atoms with Gasteiger partial charge in [0.1, 0.15) is 6.04 Å². The van der Waals surface area contributed by atoms with Crippen molar-refractivity contribution in [1.82, 2.24) is 15.1 Å². The molecule has 2 unspecified atom stereocenters. The molecule has 1 amide bonds. The number of hydrogen-bond donors (Lipinski definition) is 2. The zero-order chi connectivity index (χ0) is 11.3. The predicted molar refractivity (Wildman–Crippen MR) is 56.2 cm³/mol. The van der Waals surface area contributed by atoms with Crippen LogP contribution in [-0.4, -0.2) is 33.4 Å². The van der Waals surface area contributed by atoms with Gasteiger partial charge in [0, 0.05) is 18.9 Å². The van der Waals surface area contributed by atoms with Crippen molar-refractivity contribution in [1.29, 1.82) is 0 Å². The van der Waals surface area contributed by atoms with E-state index in [0.29, 0.717) is 13.0 Å². The van der Waals surface area contributed by atoms with Crippen LogP contribution in [0.1, 0.15) is 26.3 Å². The van der Waals surface area contributed by atoms with Crippen LogP contribution in [-0.2, 0) is 4.79 Å². The van der Waals surface area contributed by atoms with E-state index in [4.69, 9.17) is 5.11 Å². The second-order valence-electron chi connectivity index (χ2n) is 3.59. The molecule has 15 heavy (non-hydrogen) atoms. The minimum absolute atomic E-state index is 0.0839. The summed E-state index contributed by atoms with van der Waals surface area (Å²) < 4.78 is 1.59. The molecule has 0 aliphatic rings. The summed E-state index contributed by atoms with van der Waals surface area (Å²) in [5, 5.41) is 15.7. The monoisotopic (exact) mass is 211 g/mol. The summed E-state index contributed by atoms with van der Waals surface area (Å²) in [5.41, 5.74) is 0. The summed E-state index contributed by atoms with van der Waals surface area (Å²) >= 11 is 0. The van der Waals surface area contributed by atoms with Gasteiger partial charge in [-0.2, -0.15) is 5.10 Å². The number of amides is 1. The first-order chi connectivity index (χ1) is 7.11. The molecule has 0 bridgehead atoms. The van der Waals surface area contributed by atoms with Gasteiger partial charge in [-0.15, -0.1) is 0 Å². The third kappa shape index (κ3) is 3.71. The molecule has 0 aromatic carbocycles. The number of carbonyl (C=O) groups is 1. The fraction of sp³-hybridized carbons (Fsp3) is 0.600. The Kier molecular flexibility index (Phi) is 4.30. The van der Waals surface area contributed by atoms with Crippen molar-refractivity contribution in [2.24, 2.45) is 0 Å². The maximum atomic E-state index is 11.6. The zero-order valence-corrected chi connectivity index (χ0v) is 9.05. The molecular formula is C10H17N3O2. The van der Waals surface area contributed by atoms with E-state index in [1.54, 1.807) is 37.0 Å². The Hall–Kier alpha value is -1.36. The summed E-state index contributed by atoms with van der Waals surface area (Å²) in [5.74, 6) is -0.0839. The van der Waals surface area contributed by atoms with Crippen LogP contribution in [0, 0.1) is 0 Å². The maximum Gasteiger partial charge on any atom is 0.244 e. The van der Waals surface area contributed by atoms with Crippen molar-refractivity contribution in [3.63, 3.8) is 0 Å². The SMILES string of the molecule is CC(O)CCNC(=O)C(C)n1cccn1. The summed E-state index contributed by atoms with van der Waals surface area (Å²) in [6, 6.07) is 1.47. The highest BCUT2D eigenvalue weighted by atomic mass is 16.3. The lowest BCUT2D eigenvalue weighted by molar-refractivity contribution is -0.124. The van der Waals surface area contributed by atoms with Gasteiger partial charge in [0.2, 0.25) is 5.91 Å². The Morgan fingerprint density at radius 3 is 2.87 bits per heavy atom. The average Bonchev–Trinajstić information content (AvgIpc) is 2.68. The van der Waals surface area contributed by atoms with Crippen LogP contribution in [0.3, 0.4) is 0 Å². The first-order valence-corrected chi connectivity index (χ1v) is 5.06. The number of nitrogens with zero attached hydrogens (tertiary/aromatic N) is 2. The lowest BCUT2D eigenvalue weighted by atomic mass is 10.2. The molecule has 84 valence electrons. The molecule has 1 aromatic heterocycles. The molecule has 2 atom stereocenters. The van der Waals surface area contributed by atoms with Gasteiger partial charge in [0.05, 0.1) is 6.10 Å². The third-order valence-corrected chi connectivity index (χ3v) is 2.16. The molecule has 0 aliphatic heterocycles. The Morgan fingerprint density at radius 1 is 1.60 bits per heavy atom. The van der Waals surface area contributed by atoms with E-state index >= 15 is 0 Å². The normalized spacial score (nSPS) is 14.6. The Balaban J connectivity index is 2.34. The van der Waals surface area contributed by atoms with Gasteiger partial charge < -0.3 is 10.4 Å². The number of aliphatic hydroxyl groups is 1. The van der Waals surface area contributed by atoms with Gasteiger partial charge in [-0.1, -0.05) is 0 Å². The molecule has 0 aliphatic carbocycles. The van der Waals surface area contributed by atoms with Crippen molar-refractivity contribution in [2.45, 2.75) is 32.4 Å². The quantitative estimate of drug-likeness (QED) is 0.737. The Bertz CT molecular complexity index is 296. The predicted octanol–water partition coefficient (Wildman–Crippen LogP) is 0.331. The molecule has 2 N–H and O–H groups in total. The highest BCUT2D eigenvalue weighted by molar-refractivity contribution is 5.79. The zero-order valence-electron chi connectivity index (χ0n) is 9.05. The van der Waals surface area contributed by atoms with Gasteiger partial charge in [-0.25, -0.2) is 0 Å². The molecule has 0 saturated carbocycles. The number of hydrogen-bond acceptors (Lipinski definition) is 3. The Labute approximate surface area is 89.1 Å². The summed E-state index contributed by atoms with van der Waals surface area (Å²) in [6.07, 6.45) is 3.57. The summed E-state index contributed by atoms with van der Waals surface area (Å²) in [4.78, 5) is 11.6. The summed E-state index contributed by atoms with van der Waals surface area (Å²) in [6.45, 7) is 3.97. The molecular weight excluding hydrogens is 194 g/mol. The standard InChI is InChI=1S/C10H17N3O2/c1-8(14)4-6-11-10(15)9(2)13-7-3-5-12-13/h3,5,7-9,14H,4,6H2,1-2H3,(H,11,15). The van der Waals surface area contributed by atoms with Gasteiger partial charge >= 0.3 is 0 Å². The van der Waals surface area contributed by atoms with Crippen molar-refractivity contribution >= 4 is 5.91 Å². The number of carbonyl (C=O) groups excluding carboxylic acids is 1. The van der Waals surface area contributed by atoms with E-state index in [2.05, 4.69) is 10.4 Å². The molecule has 1 aromatic rings. The van der Waals surface area contributed by atoms with Crippen LogP contribution in [0.2, 0.25) is 0 Å². The number of nitrogens with one attached hydrogen (secondary N) is 1. The Morgan fingerprint density at radius 2 is 2.33 bits per heavy atom. The minimum atomic E-state index is -0.384. The van der Waals surface area contributed by atoms with E-state index in [1.165, 1.54) is 0 Å². The lowest BCUT2D eigenvalue weighted by Crippen LogP contribution is -2.32. The average molecular weight is 211 g/mol. The van der Waals surface area contributed by atoms with E-state index in [-0.39, 0.29) is 18.1 Å². The molecule has 0 saturated heterocycles. The molecule has 0 radical (unpaired) electrons. The topological polar surface area (TPSA) is 67.2 Å². The molecule has 1 rings (SSSR count). The fourth-order valence-electron chi connectivity index (χ4n) is 1.18. The van der Waals surface area contributed by atoms with Gasteiger partial charge in [-0.3, -0.25) is 9.48 Å². The van der Waals surface area contributed by atoms with Gasteiger partial charge in [0.25, 0.3) is 0 Å². The highest BCUT2D eigenvalue weighted by Crippen LogP contribution is 2.02. The van der Waals surface area contributed by atoms with E-state index in [9.17, 15) is 4.79 Å². The first kappa shape index (κ1) is 11.7. The molecule has 5 heteroatoms. The third-order valence-electron chi connectivity index (χ3n) is 2.16. The number of aliphatic hydroxyl groups excluding tert-OH is 1. The maximum absolute atomic E-state index is 11.6. The number of aromatic nitrogens is 2. The van der Waals surface area contributed by atoms with Crippen LogP contribution >= 0.6 is 0 Å². The molecule has 0 spiro atoms. The van der Waals surface area contributed by atoms with Crippen molar-refractivity contribution < 1.29 is 9.90 Å². The van der Waals surface area contributed by atoms with Crippen LogP contribution in [0.25, 0.3) is 0 Å². The van der Waals surface area contributed by atoms with Crippen LogP contribution in [0.5, 0.6) is 0 Å². The van der Waals surface area contributed by atoms with E-state index in [0.717, 1.165) is 0 Å². The highest BCUT2D eigenvalue weighted by Gasteiger charge is 2.13. The van der Waals surface area contributed by atoms with Crippen LogP contribution in [0.4, 0.5) is 0 Å². The van der Waals surface area contributed by atoms with Crippen molar-refractivity contribution in [3.8, 4) is 0 Å². The fourth-order valence-corrected chi connectivity index (χ4v) is 1.18. The molecule has 5 nitrogen and oxygen atoms in total. The van der Waals surface area contributed by atoms with Crippen LogP contribution in [0.15, 0.2) is 18.5 Å². The first-order valence-electron chi connectivity index (χ1n) is 5.06. The lowest BCUT2D eigenvalue weighted by Gasteiger charge is -2.13. The van der Waals surface area contributed by atoms with Gasteiger partial charge in [0.15, 0.2) is 0 Å². The minimum Gasteiger partial charge on any atom is -0.393 e. The number of rotatable bonds is 5. The van der Waals surface area contributed by atoms with Crippen LogP contribution < -0.4 is 5.32 Å². The van der Waals surface area contributed by atoms with E-state index in [1.807, 2.05) is 0 Å².